The number of hydrogen-bond acceptors (Lipinski definition) is 5. The molecule has 0 saturated carbocycles. The fraction of sp³-hybridized carbons (Fsp3) is 0.333. The second-order valence-electron chi connectivity index (χ2n) is 8.82. The van der Waals surface area contributed by atoms with Gasteiger partial charge in [-0.1, -0.05) is 25.1 Å². The van der Waals surface area contributed by atoms with E-state index in [4.69, 9.17) is 9.72 Å². The van der Waals surface area contributed by atoms with Gasteiger partial charge in [-0.25, -0.2) is 9.97 Å². The number of para-hydroxylation sites is 1. The molecule has 0 unspecified atom stereocenters. The zero-order chi connectivity index (χ0) is 22.9. The van der Waals surface area contributed by atoms with Crippen LogP contribution >= 0.6 is 0 Å². The lowest BCUT2D eigenvalue weighted by Gasteiger charge is -2.27. The Morgan fingerprint density at radius 2 is 1.97 bits per heavy atom. The summed E-state index contributed by atoms with van der Waals surface area (Å²) in [7, 11) is 1.71. The van der Waals surface area contributed by atoms with Gasteiger partial charge in [-0.05, 0) is 56.4 Å². The van der Waals surface area contributed by atoms with E-state index < -0.39 is 0 Å². The van der Waals surface area contributed by atoms with Gasteiger partial charge in [0, 0.05) is 30.1 Å². The number of hydrogen-bond donors (Lipinski definition) is 1. The molecule has 1 aliphatic heterocycles. The van der Waals surface area contributed by atoms with Crippen molar-refractivity contribution >= 4 is 28.2 Å². The maximum atomic E-state index is 5.55. The molecule has 0 radical (unpaired) electrons. The summed E-state index contributed by atoms with van der Waals surface area (Å²) in [5.74, 6) is 2.45. The average molecular weight is 442 g/mol. The van der Waals surface area contributed by atoms with Crippen molar-refractivity contribution in [2.75, 3.05) is 23.9 Å². The molecule has 170 valence electrons. The lowest BCUT2D eigenvalue weighted by molar-refractivity contribution is 0.411. The standard InChI is InChI=1S/C27H31N5O/c1-5-20-9-8-12-32(20)24-15-26(29-23-11-7-6-10-22(23)24)30-27-16-31(17-28-27)21-13-18(2)19(3)25(14-21)33-4/h6-7,10-11,13-17,20H,5,8-9,12H2,1-4H3,(H,29,30)/t20-/m1/s1. The monoisotopic (exact) mass is 441 g/mol. The van der Waals surface area contributed by atoms with Crippen LogP contribution in [0.3, 0.4) is 0 Å². The molecule has 2 aromatic heterocycles. The molecule has 4 aromatic rings. The topological polar surface area (TPSA) is 55.2 Å². The predicted molar refractivity (Wildman–Crippen MR) is 135 cm³/mol. The van der Waals surface area contributed by atoms with E-state index in [-0.39, 0.29) is 0 Å². The largest absolute Gasteiger partial charge is 0.496 e. The van der Waals surface area contributed by atoms with E-state index in [1.165, 1.54) is 29.5 Å². The Bertz CT molecular complexity index is 1300. The first kappa shape index (κ1) is 21.3. The third kappa shape index (κ3) is 4.01. The lowest BCUT2D eigenvalue weighted by Crippen LogP contribution is -2.28. The van der Waals surface area contributed by atoms with Crippen molar-refractivity contribution in [3.05, 3.63) is 66.1 Å². The van der Waals surface area contributed by atoms with Gasteiger partial charge in [0.1, 0.15) is 23.7 Å². The van der Waals surface area contributed by atoms with Gasteiger partial charge in [0.15, 0.2) is 0 Å². The molecule has 6 nitrogen and oxygen atoms in total. The van der Waals surface area contributed by atoms with Crippen LogP contribution in [0.5, 0.6) is 5.75 Å². The predicted octanol–water partition coefficient (Wildman–Crippen LogP) is 6.17. The van der Waals surface area contributed by atoms with E-state index in [9.17, 15) is 0 Å². The summed E-state index contributed by atoms with van der Waals surface area (Å²) >= 11 is 0. The number of rotatable bonds is 6. The highest BCUT2D eigenvalue weighted by molar-refractivity contribution is 5.94. The van der Waals surface area contributed by atoms with Gasteiger partial charge in [-0.3, -0.25) is 0 Å². The Morgan fingerprint density at radius 3 is 2.79 bits per heavy atom. The quantitative estimate of drug-likeness (QED) is 0.388. The number of pyridine rings is 1. The molecule has 6 heteroatoms. The molecule has 0 bridgehead atoms. The van der Waals surface area contributed by atoms with Gasteiger partial charge in [-0.2, -0.15) is 0 Å². The molecular weight excluding hydrogens is 410 g/mol. The molecule has 1 N–H and O–H groups in total. The van der Waals surface area contributed by atoms with Crippen LogP contribution in [0.1, 0.15) is 37.3 Å². The number of ether oxygens (including phenoxy) is 1. The minimum absolute atomic E-state index is 0.586. The lowest BCUT2D eigenvalue weighted by atomic mass is 10.1. The smallest absolute Gasteiger partial charge is 0.150 e. The first-order valence-electron chi connectivity index (χ1n) is 11.7. The third-order valence-corrected chi connectivity index (χ3v) is 6.81. The van der Waals surface area contributed by atoms with E-state index in [1.807, 2.05) is 29.2 Å². The van der Waals surface area contributed by atoms with Crippen LogP contribution in [0.2, 0.25) is 0 Å². The Hall–Kier alpha value is -3.54. The average Bonchev–Trinajstić information content (AvgIpc) is 3.50. The minimum Gasteiger partial charge on any atom is -0.496 e. The van der Waals surface area contributed by atoms with Crippen molar-refractivity contribution in [1.29, 1.82) is 0 Å². The van der Waals surface area contributed by atoms with Crippen molar-refractivity contribution in [2.24, 2.45) is 0 Å². The Kier molecular flexibility index (Phi) is 5.67. The molecule has 1 fully saturated rings. The van der Waals surface area contributed by atoms with E-state index in [2.05, 4.69) is 66.3 Å². The van der Waals surface area contributed by atoms with Gasteiger partial charge in [0.05, 0.1) is 30.2 Å². The number of methoxy groups -OCH3 is 1. The van der Waals surface area contributed by atoms with E-state index in [1.54, 1.807) is 7.11 Å². The van der Waals surface area contributed by atoms with Crippen LogP contribution in [0.15, 0.2) is 55.0 Å². The van der Waals surface area contributed by atoms with E-state index >= 15 is 0 Å². The number of fused-ring (bicyclic) bond motifs is 1. The molecule has 1 aliphatic rings. The number of benzene rings is 2. The molecule has 1 saturated heterocycles. The fourth-order valence-electron chi connectivity index (χ4n) is 4.87. The summed E-state index contributed by atoms with van der Waals surface area (Å²) in [5.41, 5.74) is 5.61. The SMILES string of the molecule is CC[C@@H]1CCCN1c1cc(Nc2cn(-c3cc(C)c(C)c(OC)c3)cn2)nc2ccccc12. The summed E-state index contributed by atoms with van der Waals surface area (Å²) in [6, 6.07) is 15.3. The number of nitrogens with one attached hydrogen (secondary N) is 1. The molecule has 0 aliphatic carbocycles. The summed E-state index contributed by atoms with van der Waals surface area (Å²) in [6.45, 7) is 7.54. The molecule has 0 amide bonds. The van der Waals surface area contributed by atoms with Crippen LogP contribution in [0.25, 0.3) is 16.6 Å². The maximum Gasteiger partial charge on any atom is 0.150 e. The number of nitrogens with zero attached hydrogens (tertiary/aromatic N) is 4. The van der Waals surface area contributed by atoms with Crippen molar-refractivity contribution in [2.45, 2.75) is 46.1 Å². The summed E-state index contributed by atoms with van der Waals surface area (Å²) in [4.78, 5) is 12.0. The molecule has 1 atom stereocenters. The highest BCUT2D eigenvalue weighted by Gasteiger charge is 2.25. The van der Waals surface area contributed by atoms with Crippen LogP contribution in [0, 0.1) is 13.8 Å². The highest BCUT2D eigenvalue weighted by Crippen LogP contribution is 2.35. The van der Waals surface area contributed by atoms with Crippen LogP contribution in [0.4, 0.5) is 17.3 Å². The van der Waals surface area contributed by atoms with Gasteiger partial charge >= 0.3 is 0 Å². The van der Waals surface area contributed by atoms with E-state index in [0.717, 1.165) is 47.1 Å². The van der Waals surface area contributed by atoms with Gasteiger partial charge in [0.25, 0.3) is 0 Å². The second kappa shape index (κ2) is 8.77. The maximum absolute atomic E-state index is 5.55. The first-order valence-corrected chi connectivity index (χ1v) is 11.7. The first-order chi connectivity index (χ1) is 16.1. The fourth-order valence-corrected chi connectivity index (χ4v) is 4.87. The molecule has 5 rings (SSSR count). The zero-order valence-electron chi connectivity index (χ0n) is 19.8. The second-order valence-corrected chi connectivity index (χ2v) is 8.82. The molecule has 33 heavy (non-hydrogen) atoms. The Balaban J connectivity index is 1.48. The molecule has 3 heterocycles. The summed E-state index contributed by atoms with van der Waals surface area (Å²) < 4.78 is 7.55. The number of anilines is 3. The van der Waals surface area contributed by atoms with Gasteiger partial charge < -0.3 is 19.5 Å². The van der Waals surface area contributed by atoms with Crippen molar-refractivity contribution in [3.63, 3.8) is 0 Å². The van der Waals surface area contributed by atoms with Crippen molar-refractivity contribution in [3.8, 4) is 11.4 Å². The van der Waals surface area contributed by atoms with Crippen LogP contribution in [-0.4, -0.2) is 34.2 Å². The molecule has 2 aromatic carbocycles. The number of aryl methyl sites for hydroxylation is 1. The van der Waals surface area contributed by atoms with Gasteiger partial charge in [0.2, 0.25) is 0 Å². The molecule has 0 spiro atoms. The minimum atomic E-state index is 0.586. The number of imidazole rings is 1. The third-order valence-electron chi connectivity index (χ3n) is 6.81. The van der Waals surface area contributed by atoms with Crippen LogP contribution in [-0.2, 0) is 0 Å². The highest BCUT2D eigenvalue weighted by atomic mass is 16.5. The Labute approximate surface area is 195 Å². The Morgan fingerprint density at radius 1 is 1.12 bits per heavy atom. The van der Waals surface area contributed by atoms with Crippen molar-refractivity contribution in [1.82, 2.24) is 14.5 Å². The van der Waals surface area contributed by atoms with E-state index in [0.29, 0.717) is 6.04 Å². The normalized spacial score (nSPS) is 15.9. The number of aromatic nitrogens is 3. The summed E-state index contributed by atoms with van der Waals surface area (Å²) in [6.07, 6.45) is 7.46. The molecular formula is C27H31N5O. The van der Waals surface area contributed by atoms with Gasteiger partial charge in [-0.15, -0.1) is 0 Å². The van der Waals surface area contributed by atoms with Crippen molar-refractivity contribution < 1.29 is 4.74 Å². The zero-order valence-corrected chi connectivity index (χ0v) is 19.8. The summed E-state index contributed by atoms with van der Waals surface area (Å²) in [5, 5.41) is 4.64. The van der Waals surface area contributed by atoms with Crippen LogP contribution < -0.4 is 15.0 Å².